The summed E-state index contributed by atoms with van der Waals surface area (Å²) in [5.41, 5.74) is 3.11. The minimum atomic E-state index is 0.227. The molecule has 1 aliphatic rings. The van der Waals surface area contributed by atoms with E-state index in [1.165, 1.54) is 0 Å². The summed E-state index contributed by atoms with van der Waals surface area (Å²) in [7, 11) is 3.29. The van der Waals surface area contributed by atoms with Crippen molar-refractivity contribution in [2.75, 3.05) is 20.8 Å². The van der Waals surface area contributed by atoms with Crippen LogP contribution in [-0.2, 0) is 17.7 Å². The number of benzene rings is 2. The van der Waals surface area contributed by atoms with E-state index in [-0.39, 0.29) is 6.10 Å². The van der Waals surface area contributed by atoms with E-state index in [1.54, 1.807) is 14.2 Å². The van der Waals surface area contributed by atoms with E-state index in [1.807, 2.05) is 36.4 Å². The Bertz CT molecular complexity index is 948. The minimum absolute atomic E-state index is 0.227. The number of ether oxygens (including phenoxy) is 3. The molecule has 1 saturated heterocycles. The smallest absolute Gasteiger partial charge is 0.161 e. The summed E-state index contributed by atoms with van der Waals surface area (Å²) < 4.78 is 18.9. The number of aromatic nitrogens is 2. The predicted octanol–water partition coefficient (Wildman–Crippen LogP) is 4.48. The number of hydrogen-bond donors (Lipinski definition) is 0. The number of methoxy groups -OCH3 is 2. The lowest BCUT2D eigenvalue weighted by Gasteiger charge is -2.15. The molecule has 2 heterocycles. The van der Waals surface area contributed by atoms with Crippen molar-refractivity contribution in [2.24, 2.45) is 0 Å². The molecule has 4 rings (SSSR count). The van der Waals surface area contributed by atoms with Crippen molar-refractivity contribution in [3.8, 4) is 11.5 Å². The third-order valence-corrected chi connectivity index (χ3v) is 5.24. The quantitative estimate of drug-likeness (QED) is 0.626. The lowest BCUT2D eigenvalue weighted by atomic mass is 10.1. The maximum absolute atomic E-state index is 6.25. The first-order valence-corrected chi connectivity index (χ1v) is 9.53. The Morgan fingerprint density at radius 1 is 1.15 bits per heavy atom. The highest BCUT2D eigenvalue weighted by molar-refractivity contribution is 6.31. The Morgan fingerprint density at radius 2 is 2.00 bits per heavy atom. The second kappa shape index (κ2) is 7.79. The Balaban J connectivity index is 1.71. The van der Waals surface area contributed by atoms with Crippen molar-refractivity contribution in [1.82, 2.24) is 9.55 Å². The topological polar surface area (TPSA) is 45.5 Å². The Kier molecular flexibility index (Phi) is 5.23. The van der Waals surface area contributed by atoms with Crippen LogP contribution in [0.1, 0.15) is 24.2 Å². The average Bonchev–Trinajstić information content (AvgIpc) is 3.31. The van der Waals surface area contributed by atoms with Gasteiger partial charge in [-0.1, -0.05) is 17.7 Å². The van der Waals surface area contributed by atoms with Crippen LogP contribution in [0, 0.1) is 0 Å². The molecule has 1 aromatic heterocycles. The van der Waals surface area contributed by atoms with Gasteiger partial charge in [-0.25, -0.2) is 4.98 Å². The molecule has 5 nitrogen and oxygen atoms in total. The number of nitrogens with zero attached hydrogens (tertiary/aromatic N) is 2. The number of imidazole rings is 1. The molecule has 3 aromatic rings. The summed E-state index contributed by atoms with van der Waals surface area (Å²) in [5, 5.41) is 0.716. The van der Waals surface area contributed by atoms with Crippen molar-refractivity contribution < 1.29 is 14.2 Å². The summed E-state index contributed by atoms with van der Waals surface area (Å²) in [4.78, 5) is 4.87. The summed E-state index contributed by atoms with van der Waals surface area (Å²) in [6.45, 7) is 1.63. The fourth-order valence-electron chi connectivity index (χ4n) is 3.65. The van der Waals surface area contributed by atoms with Gasteiger partial charge in [0.15, 0.2) is 11.5 Å². The highest BCUT2D eigenvalue weighted by Crippen LogP contribution is 2.30. The zero-order valence-corrected chi connectivity index (χ0v) is 16.3. The summed E-state index contributed by atoms with van der Waals surface area (Å²) >= 11 is 6.25. The molecule has 0 N–H and O–H groups in total. The maximum Gasteiger partial charge on any atom is 0.161 e. The first-order chi connectivity index (χ1) is 13.2. The van der Waals surface area contributed by atoms with Gasteiger partial charge in [0.1, 0.15) is 5.82 Å². The van der Waals surface area contributed by atoms with Gasteiger partial charge in [0.05, 0.1) is 37.9 Å². The maximum atomic E-state index is 6.25. The van der Waals surface area contributed by atoms with Gasteiger partial charge in [0, 0.05) is 18.1 Å². The highest BCUT2D eigenvalue weighted by Gasteiger charge is 2.20. The molecule has 1 aliphatic heterocycles. The lowest BCUT2D eigenvalue weighted by Crippen LogP contribution is -2.17. The Morgan fingerprint density at radius 3 is 2.74 bits per heavy atom. The number of halogens is 1. The monoisotopic (exact) mass is 386 g/mol. The average molecular weight is 387 g/mol. The van der Waals surface area contributed by atoms with Crippen molar-refractivity contribution in [2.45, 2.75) is 31.9 Å². The zero-order chi connectivity index (χ0) is 18.8. The third kappa shape index (κ3) is 3.75. The normalized spacial score (nSPS) is 16.8. The number of rotatable bonds is 6. The van der Waals surface area contributed by atoms with Crippen molar-refractivity contribution in [3.63, 3.8) is 0 Å². The Labute approximate surface area is 163 Å². The van der Waals surface area contributed by atoms with Crippen LogP contribution in [0.2, 0.25) is 5.02 Å². The van der Waals surface area contributed by atoms with E-state index in [2.05, 4.69) is 4.57 Å². The van der Waals surface area contributed by atoms with Crippen LogP contribution >= 0.6 is 11.6 Å². The van der Waals surface area contributed by atoms with E-state index in [4.69, 9.17) is 30.8 Å². The van der Waals surface area contributed by atoms with E-state index < -0.39 is 0 Å². The fourth-order valence-corrected chi connectivity index (χ4v) is 3.82. The predicted molar refractivity (Wildman–Crippen MR) is 106 cm³/mol. The van der Waals surface area contributed by atoms with E-state index in [9.17, 15) is 0 Å². The van der Waals surface area contributed by atoms with Crippen LogP contribution in [-0.4, -0.2) is 36.5 Å². The molecular weight excluding hydrogens is 364 g/mol. The van der Waals surface area contributed by atoms with Gasteiger partial charge in [-0.15, -0.1) is 0 Å². The van der Waals surface area contributed by atoms with Crippen LogP contribution in [0.4, 0.5) is 0 Å². The molecular formula is C21H23ClN2O3. The summed E-state index contributed by atoms with van der Waals surface area (Å²) in [5.74, 6) is 2.44. The molecule has 0 bridgehead atoms. The summed E-state index contributed by atoms with van der Waals surface area (Å²) in [6.07, 6.45) is 3.11. The molecule has 6 heteroatoms. The molecule has 142 valence electrons. The highest BCUT2D eigenvalue weighted by atomic mass is 35.5. The molecule has 1 unspecified atom stereocenters. The molecule has 2 aromatic carbocycles. The molecule has 0 amide bonds. The van der Waals surface area contributed by atoms with Crippen LogP contribution < -0.4 is 9.47 Å². The first kappa shape index (κ1) is 18.1. The van der Waals surface area contributed by atoms with Crippen LogP contribution in [0.5, 0.6) is 11.5 Å². The fraction of sp³-hybridized carbons (Fsp3) is 0.381. The molecule has 1 fully saturated rings. The second-order valence-corrected chi connectivity index (χ2v) is 7.21. The third-order valence-electron chi connectivity index (χ3n) is 5.01. The molecule has 0 aliphatic carbocycles. The van der Waals surface area contributed by atoms with Crippen LogP contribution in [0.15, 0.2) is 36.4 Å². The van der Waals surface area contributed by atoms with E-state index >= 15 is 0 Å². The van der Waals surface area contributed by atoms with Crippen molar-refractivity contribution >= 4 is 22.6 Å². The van der Waals surface area contributed by atoms with E-state index in [0.717, 1.165) is 59.9 Å². The van der Waals surface area contributed by atoms with Gasteiger partial charge < -0.3 is 18.8 Å². The zero-order valence-electron chi connectivity index (χ0n) is 15.6. The first-order valence-electron chi connectivity index (χ1n) is 9.15. The molecule has 1 atom stereocenters. The summed E-state index contributed by atoms with van der Waals surface area (Å²) in [6, 6.07) is 11.8. The lowest BCUT2D eigenvalue weighted by molar-refractivity contribution is 0.0973. The van der Waals surface area contributed by atoms with Crippen LogP contribution in [0.25, 0.3) is 11.0 Å². The van der Waals surface area contributed by atoms with Gasteiger partial charge in [-0.3, -0.25) is 0 Å². The van der Waals surface area contributed by atoms with Gasteiger partial charge in [0.25, 0.3) is 0 Å². The van der Waals surface area contributed by atoms with Gasteiger partial charge >= 0.3 is 0 Å². The van der Waals surface area contributed by atoms with Gasteiger partial charge in [0.2, 0.25) is 0 Å². The molecule has 27 heavy (non-hydrogen) atoms. The van der Waals surface area contributed by atoms with Gasteiger partial charge in [-0.2, -0.15) is 0 Å². The van der Waals surface area contributed by atoms with Crippen LogP contribution in [0.3, 0.4) is 0 Å². The molecule has 0 radical (unpaired) electrons. The van der Waals surface area contributed by atoms with E-state index in [0.29, 0.717) is 11.4 Å². The largest absolute Gasteiger partial charge is 0.493 e. The minimum Gasteiger partial charge on any atom is -0.493 e. The SMILES string of the molecule is COc1ccc(Cc2nc3ccc(Cl)cc3n2CC2CCCO2)cc1OC. The standard InChI is InChI=1S/C21H23ClN2O3/c1-25-19-8-5-14(10-20(19)26-2)11-21-23-17-7-6-15(22)12-18(17)24(21)13-16-4-3-9-27-16/h5-8,10,12,16H,3-4,9,11,13H2,1-2H3. The van der Waals surface area contributed by atoms with Gasteiger partial charge in [-0.05, 0) is 48.7 Å². The number of hydrogen-bond acceptors (Lipinski definition) is 4. The van der Waals surface area contributed by atoms with Crippen molar-refractivity contribution in [3.05, 3.63) is 52.8 Å². The Hall–Kier alpha value is -2.24. The second-order valence-electron chi connectivity index (χ2n) is 6.77. The molecule has 0 spiro atoms. The molecule has 0 saturated carbocycles. The van der Waals surface area contributed by atoms with Crippen molar-refractivity contribution in [1.29, 1.82) is 0 Å². The number of fused-ring (bicyclic) bond motifs is 1.